The van der Waals surface area contributed by atoms with Gasteiger partial charge >= 0.3 is 0 Å². The Labute approximate surface area is 197 Å². The summed E-state index contributed by atoms with van der Waals surface area (Å²) in [5, 5.41) is 0.741. The van der Waals surface area contributed by atoms with Gasteiger partial charge in [-0.05, 0) is 52.1 Å². The first-order valence-corrected chi connectivity index (χ1v) is 11.5. The van der Waals surface area contributed by atoms with Crippen LogP contribution in [0, 0.1) is 0 Å². The molecular weight excluding hydrogens is 424 g/mol. The van der Waals surface area contributed by atoms with Gasteiger partial charge in [0.05, 0.1) is 5.41 Å². The van der Waals surface area contributed by atoms with Crippen LogP contribution in [0.1, 0.15) is 22.3 Å². The summed E-state index contributed by atoms with van der Waals surface area (Å²) in [7, 11) is 0. The largest absolute Gasteiger partial charge is 0.456 e. The van der Waals surface area contributed by atoms with Gasteiger partial charge in [0, 0.05) is 21.7 Å². The molecule has 156 valence electrons. The molecule has 1 aliphatic heterocycles. The summed E-state index contributed by atoms with van der Waals surface area (Å²) in [4.78, 5) is 0. The zero-order valence-electron chi connectivity index (χ0n) is 17.8. The van der Waals surface area contributed by atoms with Gasteiger partial charge in [0.1, 0.15) is 11.5 Å². The lowest BCUT2D eigenvalue weighted by Crippen LogP contribution is -2.32. The summed E-state index contributed by atoms with van der Waals surface area (Å²) in [5.74, 6) is 1.82. The lowest BCUT2D eigenvalue weighted by Gasteiger charge is -2.39. The van der Waals surface area contributed by atoms with Crippen LogP contribution in [0.25, 0.3) is 22.3 Å². The normalized spacial score (nSPS) is 17.0. The van der Waals surface area contributed by atoms with Crippen LogP contribution in [-0.2, 0) is 5.41 Å². The fourth-order valence-corrected chi connectivity index (χ4v) is 5.90. The first-order valence-electron chi connectivity index (χ1n) is 11.1. The van der Waals surface area contributed by atoms with Gasteiger partial charge in [-0.3, -0.25) is 0 Å². The Morgan fingerprint density at radius 3 is 2.09 bits per heavy atom. The molecule has 7 rings (SSSR count). The summed E-state index contributed by atoms with van der Waals surface area (Å²) < 4.78 is 6.73. The predicted molar refractivity (Wildman–Crippen MR) is 134 cm³/mol. The van der Waals surface area contributed by atoms with E-state index in [4.69, 9.17) is 16.3 Å². The number of hydrogen-bond acceptors (Lipinski definition) is 1. The molecule has 0 spiro atoms. The van der Waals surface area contributed by atoms with E-state index in [2.05, 4.69) is 97.1 Å². The quantitative estimate of drug-likeness (QED) is 0.261. The molecule has 0 amide bonds. The van der Waals surface area contributed by atoms with Crippen LogP contribution < -0.4 is 4.74 Å². The Bertz CT molecular complexity index is 1540. The fourth-order valence-electron chi connectivity index (χ4n) is 5.73. The van der Waals surface area contributed by atoms with Crippen molar-refractivity contribution < 1.29 is 4.74 Å². The van der Waals surface area contributed by atoms with E-state index in [9.17, 15) is 0 Å². The monoisotopic (exact) mass is 442 g/mol. The lowest BCUT2D eigenvalue weighted by molar-refractivity contribution is 0.439. The molecule has 2 aliphatic rings. The van der Waals surface area contributed by atoms with Crippen LogP contribution in [0.2, 0.25) is 5.02 Å². The van der Waals surface area contributed by atoms with Crippen LogP contribution in [0.4, 0.5) is 0 Å². The molecule has 1 aliphatic carbocycles. The van der Waals surface area contributed by atoms with Crippen molar-refractivity contribution in [2.75, 3.05) is 0 Å². The van der Waals surface area contributed by atoms with Crippen LogP contribution in [-0.4, -0.2) is 0 Å². The van der Waals surface area contributed by atoms with E-state index in [0.717, 1.165) is 33.2 Å². The standard InChI is InChI=1S/C31H19ClO/c32-22-15-18-26-25(19-22)24-17-16-23(20-9-3-1-4-10-20)30-29(24)31(26,21-11-5-2-6-12-21)27-13-7-8-14-28(27)33-30/h1-19H. The molecule has 0 fully saturated rings. The van der Waals surface area contributed by atoms with Gasteiger partial charge in [-0.25, -0.2) is 0 Å². The second-order valence-corrected chi connectivity index (χ2v) is 9.07. The van der Waals surface area contributed by atoms with Gasteiger partial charge in [-0.15, -0.1) is 0 Å². The third-order valence-electron chi connectivity index (χ3n) is 7.00. The zero-order chi connectivity index (χ0) is 22.0. The van der Waals surface area contributed by atoms with Gasteiger partial charge < -0.3 is 4.74 Å². The van der Waals surface area contributed by atoms with E-state index < -0.39 is 5.41 Å². The maximum Gasteiger partial charge on any atom is 0.140 e. The minimum atomic E-state index is -0.467. The number of hydrogen-bond donors (Lipinski definition) is 0. The molecule has 5 aromatic carbocycles. The number of para-hydroxylation sites is 1. The average molecular weight is 443 g/mol. The Balaban J connectivity index is 1.69. The van der Waals surface area contributed by atoms with E-state index in [1.807, 2.05) is 18.2 Å². The molecular formula is C31H19ClO. The highest BCUT2D eigenvalue weighted by Gasteiger charge is 2.52. The summed E-state index contributed by atoms with van der Waals surface area (Å²) in [5.41, 5.74) is 8.97. The van der Waals surface area contributed by atoms with E-state index in [-0.39, 0.29) is 0 Å². The minimum absolute atomic E-state index is 0.467. The highest BCUT2D eigenvalue weighted by atomic mass is 35.5. The molecule has 1 unspecified atom stereocenters. The van der Waals surface area contributed by atoms with Crippen LogP contribution in [0.5, 0.6) is 11.5 Å². The Morgan fingerprint density at radius 1 is 0.576 bits per heavy atom. The summed E-state index contributed by atoms with van der Waals surface area (Å²) in [6.45, 7) is 0. The molecule has 0 saturated heterocycles. The Hall–Kier alpha value is -3.81. The highest BCUT2D eigenvalue weighted by Crippen LogP contribution is 2.64. The maximum absolute atomic E-state index is 6.73. The van der Waals surface area contributed by atoms with E-state index in [0.29, 0.717) is 0 Å². The third-order valence-corrected chi connectivity index (χ3v) is 7.24. The first-order chi connectivity index (χ1) is 16.3. The highest BCUT2D eigenvalue weighted by molar-refractivity contribution is 6.31. The minimum Gasteiger partial charge on any atom is -0.456 e. The molecule has 5 aromatic rings. The second-order valence-electron chi connectivity index (χ2n) is 8.63. The van der Waals surface area contributed by atoms with Crippen molar-refractivity contribution in [2.45, 2.75) is 5.41 Å². The van der Waals surface area contributed by atoms with Crippen molar-refractivity contribution in [2.24, 2.45) is 0 Å². The SMILES string of the molecule is Clc1ccc2c(c1)-c1ccc(-c3ccccc3)c3c1C2(c1ccccc1)c1ccccc1O3. The molecule has 1 heterocycles. The topological polar surface area (TPSA) is 9.23 Å². The molecule has 2 heteroatoms. The molecule has 1 nitrogen and oxygen atoms in total. The van der Waals surface area contributed by atoms with Crippen molar-refractivity contribution in [1.82, 2.24) is 0 Å². The van der Waals surface area contributed by atoms with Gasteiger partial charge in [0.25, 0.3) is 0 Å². The Morgan fingerprint density at radius 2 is 1.27 bits per heavy atom. The molecule has 1 atom stereocenters. The van der Waals surface area contributed by atoms with Crippen LogP contribution in [0.15, 0.2) is 115 Å². The smallest absolute Gasteiger partial charge is 0.140 e. The maximum atomic E-state index is 6.73. The zero-order valence-corrected chi connectivity index (χ0v) is 18.5. The molecule has 0 radical (unpaired) electrons. The van der Waals surface area contributed by atoms with Gasteiger partial charge in [-0.1, -0.05) is 103 Å². The Kier molecular flexibility index (Phi) is 3.88. The average Bonchev–Trinajstić information content (AvgIpc) is 3.17. The molecule has 0 bridgehead atoms. The molecule has 0 saturated carbocycles. The second kappa shape index (κ2) is 6.84. The summed E-state index contributed by atoms with van der Waals surface area (Å²) >= 11 is 6.52. The van der Waals surface area contributed by atoms with E-state index >= 15 is 0 Å². The number of halogens is 1. The lowest BCUT2D eigenvalue weighted by atomic mass is 9.66. The number of benzene rings is 5. The van der Waals surface area contributed by atoms with Gasteiger partial charge in [-0.2, -0.15) is 0 Å². The van der Waals surface area contributed by atoms with Crippen molar-refractivity contribution in [1.29, 1.82) is 0 Å². The number of rotatable bonds is 2. The predicted octanol–water partition coefficient (Wildman–Crippen LogP) is 8.48. The van der Waals surface area contributed by atoms with E-state index in [1.54, 1.807) is 0 Å². The first kappa shape index (κ1) is 18.7. The van der Waals surface area contributed by atoms with Crippen LogP contribution in [0.3, 0.4) is 0 Å². The van der Waals surface area contributed by atoms with Crippen molar-refractivity contribution in [3.63, 3.8) is 0 Å². The summed E-state index contributed by atoms with van der Waals surface area (Å²) in [6, 6.07) is 40.4. The van der Waals surface area contributed by atoms with Crippen molar-refractivity contribution >= 4 is 11.6 Å². The number of fused-ring (bicyclic) bond motifs is 5. The van der Waals surface area contributed by atoms with Crippen LogP contribution >= 0.6 is 11.6 Å². The molecule has 0 N–H and O–H groups in total. The van der Waals surface area contributed by atoms with E-state index in [1.165, 1.54) is 27.8 Å². The van der Waals surface area contributed by atoms with Crippen molar-refractivity contribution in [3.8, 4) is 33.8 Å². The third kappa shape index (κ3) is 2.43. The molecule has 0 aromatic heterocycles. The van der Waals surface area contributed by atoms with Gasteiger partial charge in [0.15, 0.2) is 0 Å². The fraction of sp³-hybridized carbons (Fsp3) is 0.0323. The number of ether oxygens (including phenoxy) is 1. The van der Waals surface area contributed by atoms with Gasteiger partial charge in [0.2, 0.25) is 0 Å². The molecule has 33 heavy (non-hydrogen) atoms. The summed E-state index contributed by atoms with van der Waals surface area (Å²) in [6.07, 6.45) is 0. The van der Waals surface area contributed by atoms with Crippen molar-refractivity contribution in [3.05, 3.63) is 143 Å².